The zero-order chi connectivity index (χ0) is 21.8. The third-order valence-corrected chi connectivity index (χ3v) is 4.83. The minimum absolute atomic E-state index is 0.212. The maximum Gasteiger partial charge on any atom is 0.248 e. The average molecular weight is 426 g/mol. The lowest BCUT2D eigenvalue weighted by Gasteiger charge is -2.08. The van der Waals surface area contributed by atoms with Gasteiger partial charge in [-0.2, -0.15) is 4.98 Å². The number of fused-ring (bicyclic) bond motifs is 1. The van der Waals surface area contributed by atoms with E-state index in [9.17, 15) is 4.79 Å². The van der Waals surface area contributed by atoms with Gasteiger partial charge in [-0.3, -0.25) is 9.78 Å². The van der Waals surface area contributed by atoms with Crippen LogP contribution in [0.4, 0.5) is 5.69 Å². The lowest BCUT2D eigenvalue weighted by atomic mass is 10.1. The first-order valence-corrected chi connectivity index (χ1v) is 9.94. The van der Waals surface area contributed by atoms with Gasteiger partial charge in [0.2, 0.25) is 24.4 Å². The van der Waals surface area contributed by atoms with Gasteiger partial charge in [0.15, 0.2) is 11.5 Å². The van der Waals surface area contributed by atoms with Crippen LogP contribution in [0, 0.1) is 0 Å². The smallest absolute Gasteiger partial charge is 0.248 e. The number of para-hydroxylation sites is 1. The van der Waals surface area contributed by atoms with Crippen LogP contribution in [0.3, 0.4) is 0 Å². The van der Waals surface area contributed by atoms with Gasteiger partial charge < -0.3 is 19.3 Å². The number of nitrogens with one attached hydrogen (secondary N) is 1. The van der Waals surface area contributed by atoms with Gasteiger partial charge in [0.25, 0.3) is 0 Å². The summed E-state index contributed by atoms with van der Waals surface area (Å²) in [5, 5.41) is 6.93. The molecule has 1 aliphatic heterocycles. The number of carbonyl (C=O) groups is 1. The van der Waals surface area contributed by atoms with E-state index >= 15 is 0 Å². The zero-order valence-electron chi connectivity index (χ0n) is 16.9. The molecule has 8 heteroatoms. The first-order chi connectivity index (χ1) is 15.7. The number of aromatic nitrogens is 3. The molecule has 0 fully saturated rings. The van der Waals surface area contributed by atoms with E-state index in [-0.39, 0.29) is 12.7 Å². The third-order valence-electron chi connectivity index (χ3n) is 4.83. The molecule has 0 unspecified atom stereocenters. The molecule has 0 radical (unpaired) electrons. The molecular formula is C24H18N4O4. The Morgan fingerprint density at radius 1 is 1.06 bits per heavy atom. The third kappa shape index (κ3) is 4.34. The molecule has 0 atom stereocenters. The lowest BCUT2D eigenvalue weighted by Crippen LogP contribution is -2.10. The van der Waals surface area contributed by atoms with Gasteiger partial charge in [-0.05, 0) is 47.5 Å². The summed E-state index contributed by atoms with van der Waals surface area (Å²) < 4.78 is 16.1. The number of ether oxygens (including phenoxy) is 2. The largest absolute Gasteiger partial charge is 0.454 e. The van der Waals surface area contributed by atoms with Gasteiger partial charge >= 0.3 is 0 Å². The Hall–Kier alpha value is -4.46. The summed E-state index contributed by atoms with van der Waals surface area (Å²) in [6.45, 7) is 0.212. The van der Waals surface area contributed by atoms with Gasteiger partial charge in [0.05, 0.1) is 6.42 Å². The van der Waals surface area contributed by atoms with Crippen LogP contribution in [0.15, 0.2) is 77.6 Å². The summed E-state index contributed by atoms with van der Waals surface area (Å²) in [4.78, 5) is 21.0. The van der Waals surface area contributed by atoms with E-state index in [0.717, 1.165) is 16.7 Å². The predicted molar refractivity (Wildman–Crippen MR) is 117 cm³/mol. The SMILES string of the molecule is O=C(/C=C/c1ccc2c(c1)OCO2)Nc1ccccc1Cc1nc(-c2cccnc2)no1. The van der Waals surface area contributed by atoms with Crippen molar-refractivity contribution in [2.75, 3.05) is 12.1 Å². The Morgan fingerprint density at radius 2 is 1.97 bits per heavy atom. The highest BCUT2D eigenvalue weighted by atomic mass is 16.7. The van der Waals surface area contributed by atoms with Crippen LogP contribution in [-0.4, -0.2) is 27.8 Å². The van der Waals surface area contributed by atoms with Gasteiger partial charge in [0.1, 0.15) is 0 Å². The number of pyridine rings is 1. The van der Waals surface area contributed by atoms with E-state index in [1.54, 1.807) is 18.5 Å². The molecule has 1 amide bonds. The second kappa shape index (κ2) is 8.73. The van der Waals surface area contributed by atoms with Crippen molar-refractivity contribution in [3.63, 3.8) is 0 Å². The monoisotopic (exact) mass is 426 g/mol. The van der Waals surface area contributed by atoms with Gasteiger partial charge in [-0.15, -0.1) is 0 Å². The molecule has 0 saturated carbocycles. The first-order valence-electron chi connectivity index (χ1n) is 9.94. The fourth-order valence-corrected chi connectivity index (χ4v) is 3.26. The standard InChI is InChI=1S/C24H18N4O4/c29-22(10-8-16-7-9-20-21(12-16)31-15-30-20)26-19-6-2-1-4-17(19)13-23-27-24(28-32-23)18-5-3-11-25-14-18/h1-12,14H,13,15H2,(H,26,29)/b10-8+. The highest BCUT2D eigenvalue weighted by Crippen LogP contribution is 2.32. The van der Waals surface area contributed by atoms with Crippen LogP contribution in [0.5, 0.6) is 11.5 Å². The van der Waals surface area contributed by atoms with Crippen molar-refractivity contribution in [1.29, 1.82) is 0 Å². The summed E-state index contributed by atoms with van der Waals surface area (Å²) in [7, 11) is 0. The van der Waals surface area contributed by atoms with Crippen LogP contribution in [0.25, 0.3) is 17.5 Å². The number of benzene rings is 2. The van der Waals surface area contributed by atoms with E-state index in [2.05, 4.69) is 20.4 Å². The molecular weight excluding hydrogens is 408 g/mol. The molecule has 3 heterocycles. The van der Waals surface area contributed by atoms with E-state index in [1.165, 1.54) is 6.08 Å². The molecule has 8 nitrogen and oxygen atoms in total. The maximum atomic E-state index is 12.5. The molecule has 2 aromatic carbocycles. The Labute approximate surface area is 183 Å². The van der Waals surface area contributed by atoms with Gasteiger partial charge in [-0.1, -0.05) is 29.4 Å². The Morgan fingerprint density at radius 3 is 2.88 bits per heavy atom. The molecule has 158 valence electrons. The summed E-state index contributed by atoms with van der Waals surface area (Å²) in [5.41, 5.74) is 3.15. The van der Waals surface area contributed by atoms with E-state index < -0.39 is 0 Å². The number of hydrogen-bond acceptors (Lipinski definition) is 7. The van der Waals surface area contributed by atoms with E-state index in [0.29, 0.717) is 35.3 Å². The van der Waals surface area contributed by atoms with Crippen LogP contribution in [0.1, 0.15) is 17.0 Å². The summed E-state index contributed by atoms with van der Waals surface area (Å²) in [6, 6.07) is 16.7. The Kier molecular flexibility index (Phi) is 5.32. The Bertz CT molecular complexity index is 1280. The number of hydrogen-bond donors (Lipinski definition) is 1. The first kappa shape index (κ1) is 19.5. The van der Waals surface area contributed by atoms with Crippen molar-refractivity contribution in [1.82, 2.24) is 15.1 Å². The number of carbonyl (C=O) groups excluding carboxylic acids is 1. The van der Waals surface area contributed by atoms with Crippen molar-refractivity contribution < 1.29 is 18.8 Å². The van der Waals surface area contributed by atoms with Gasteiger partial charge in [0, 0.05) is 29.7 Å². The topological polar surface area (TPSA) is 99.4 Å². The van der Waals surface area contributed by atoms with Crippen LogP contribution >= 0.6 is 0 Å². The fraction of sp³-hybridized carbons (Fsp3) is 0.0833. The minimum atomic E-state index is -0.253. The van der Waals surface area contributed by atoms with Crippen LogP contribution in [0.2, 0.25) is 0 Å². The summed E-state index contributed by atoms with van der Waals surface area (Å²) in [6.07, 6.45) is 6.94. The highest BCUT2D eigenvalue weighted by Gasteiger charge is 2.14. The van der Waals surface area contributed by atoms with Crippen molar-refractivity contribution >= 4 is 17.7 Å². The van der Waals surface area contributed by atoms with Crippen molar-refractivity contribution in [3.8, 4) is 22.9 Å². The number of amides is 1. The maximum absolute atomic E-state index is 12.5. The molecule has 0 bridgehead atoms. The quantitative estimate of drug-likeness (QED) is 0.463. The molecule has 2 aromatic heterocycles. The number of rotatable bonds is 6. The molecule has 4 aromatic rings. The molecule has 0 spiro atoms. The number of nitrogens with zero attached hydrogens (tertiary/aromatic N) is 3. The second-order valence-corrected chi connectivity index (χ2v) is 7.02. The molecule has 1 aliphatic rings. The van der Waals surface area contributed by atoms with Gasteiger partial charge in [-0.25, -0.2) is 0 Å². The molecule has 5 rings (SSSR count). The lowest BCUT2D eigenvalue weighted by molar-refractivity contribution is -0.111. The van der Waals surface area contributed by atoms with Crippen LogP contribution in [-0.2, 0) is 11.2 Å². The van der Waals surface area contributed by atoms with Crippen molar-refractivity contribution in [2.24, 2.45) is 0 Å². The van der Waals surface area contributed by atoms with Crippen LogP contribution < -0.4 is 14.8 Å². The van der Waals surface area contributed by atoms with E-state index in [4.69, 9.17) is 14.0 Å². The normalized spacial score (nSPS) is 12.2. The minimum Gasteiger partial charge on any atom is -0.454 e. The molecule has 0 saturated heterocycles. The highest BCUT2D eigenvalue weighted by molar-refractivity contribution is 6.02. The fourth-order valence-electron chi connectivity index (χ4n) is 3.26. The molecule has 0 aliphatic carbocycles. The summed E-state index contributed by atoms with van der Waals surface area (Å²) >= 11 is 0. The van der Waals surface area contributed by atoms with Crippen molar-refractivity contribution in [3.05, 3.63) is 90.1 Å². The predicted octanol–water partition coefficient (Wildman–Crippen LogP) is 4.10. The zero-order valence-corrected chi connectivity index (χ0v) is 16.9. The summed E-state index contributed by atoms with van der Waals surface area (Å²) in [5.74, 6) is 2.04. The van der Waals surface area contributed by atoms with Crippen molar-refractivity contribution in [2.45, 2.75) is 6.42 Å². The number of anilines is 1. The average Bonchev–Trinajstić information content (AvgIpc) is 3.49. The Balaban J connectivity index is 1.27. The second-order valence-electron chi connectivity index (χ2n) is 7.02. The molecule has 32 heavy (non-hydrogen) atoms. The molecule has 1 N–H and O–H groups in total. The van der Waals surface area contributed by atoms with E-state index in [1.807, 2.05) is 54.6 Å².